The summed E-state index contributed by atoms with van der Waals surface area (Å²) in [6.07, 6.45) is 15.3. The fourth-order valence-corrected chi connectivity index (χ4v) is 10.1. The number of fused-ring (bicyclic) bond motifs is 4. The van der Waals surface area contributed by atoms with Crippen molar-refractivity contribution in [1.82, 2.24) is 0 Å². The summed E-state index contributed by atoms with van der Waals surface area (Å²) in [5.74, 6) is 4.57. The molecule has 1 saturated heterocycles. The van der Waals surface area contributed by atoms with Crippen LogP contribution in [0.25, 0.3) is 0 Å². The molecule has 3 nitrogen and oxygen atoms in total. The second kappa shape index (κ2) is 7.85. The van der Waals surface area contributed by atoms with E-state index in [2.05, 4.69) is 34.3 Å². The third kappa shape index (κ3) is 3.35. The highest BCUT2D eigenvalue weighted by Crippen LogP contribution is 2.74. The van der Waals surface area contributed by atoms with E-state index in [0.717, 1.165) is 42.4 Å². The van der Waals surface area contributed by atoms with Crippen LogP contribution in [0.2, 0.25) is 0 Å². The fourth-order valence-electron chi connectivity index (χ4n) is 10.1. The molecule has 1 amide bonds. The molecule has 32 heavy (non-hydrogen) atoms. The van der Waals surface area contributed by atoms with Crippen molar-refractivity contribution >= 4 is 5.91 Å². The lowest BCUT2D eigenvalue weighted by atomic mass is 9.43. The summed E-state index contributed by atoms with van der Waals surface area (Å²) in [5.41, 5.74) is 7.79. The van der Waals surface area contributed by atoms with Gasteiger partial charge in [-0.15, -0.1) is 6.58 Å². The Hall–Kier alpha value is -0.830. The molecule has 1 aliphatic heterocycles. The normalized spacial score (nSPS) is 49.9. The number of hydrogen-bond donors (Lipinski definition) is 1. The van der Waals surface area contributed by atoms with Gasteiger partial charge in [0.15, 0.2) is 0 Å². The third-order valence-electron chi connectivity index (χ3n) is 11.7. The first-order valence-electron chi connectivity index (χ1n) is 13.7. The molecule has 1 spiro atoms. The Morgan fingerprint density at radius 1 is 1.16 bits per heavy atom. The number of epoxide rings is 1. The lowest BCUT2D eigenvalue weighted by molar-refractivity contribution is -0.123. The molecule has 1 unspecified atom stereocenters. The molecular formula is C29H47NO2. The van der Waals surface area contributed by atoms with Crippen LogP contribution in [0.4, 0.5) is 0 Å². The number of carbonyl (C=O) groups is 1. The van der Waals surface area contributed by atoms with Crippen LogP contribution in [0.1, 0.15) is 105 Å². The topological polar surface area (TPSA) is 55.6 Å². The molecule has 5 aliphatic rings. The average molecular weight is 442 g/mol. The van der Waals surface area contributed by atoms with Gasteiger partial charge in [0, 0.05) is 11.8 Å². The molecule has 0 aromatic carbocycles. The maximum absolute atomic E-state index is 11.6. The van der Waals surface area contributed by atoms with Crippen molar-refractivity contribution in [3.8, 4) is 0 Å². The van der Waals surface area contributed by atoms with Crippen molar-refractivity contribution in [1.29, 1.82) is 0 Å². The Labute approximate surface area is 196 Å². The van der Waals surface area contributed by atoms with Gasteiger partial charge >= 0.3 is 0 Å². The lowest BCUT2D eigenvalue weighted by Crippen LogP contribution is -2.58. The molecule has 4 saturated carbocycles. The molecule has 180 valence electrons. The third-order valence-corrected chi connectivity index (χ3v) is 11.7. The first-order chi connectivity index (χ1) is 15.1. The Bertz CT molecular complexity index is 777. The van der Waals surface area contributed by atoms with Crippen molar-refractivity contribution in [3.05, 3.63) is 12.2 Å². The number of hydrogen-bond acceptors (Lipinski definition) is 2. The van der Waals surface area contributed by atoms with E-state index < -0.39 is 0 Å². The summed E-state index contributed by atoms with van der Waals surface area (Å²) >= 11 is 0. The summed E-state index contributed by atoms with van der Waals surface area (Å²) in [6, 6.07) is 0. The fraction of sp³-hybridized carbons (Fsp3) is 0.897. The number of rotatable bonds is 7. The van der Waals surface area contributed by atoms with Gasteiger partial charge in [-0.3, -0.25) is 4.79 Å². The summed E-state index contributed by atoms with van der Waals surface area (Å²) in [6.45, 7) is 14.1. The van der Waals surface area contributed by atoms with Gasteiger partial charge in [-0.1, -0.05) is 32.8 Å². The highest BCUT2D eigenvalue weighted by molar-refractivity contribution is 5.74. The number of amides is 1. The molecule has 0 radical (unpaired) electrons. The Balaban J connectivity index is 1.31. The molecule has 0 aromatic heterocycles. The number of carbonyl (C=O) groups excluding carboxylic acids is 1. The molecular weight excluding hydrogens is 394 g/mol. The number of allylic oxidation sites excluding steroid dienone is 1. The largest absolute Gasteiger partial charge is 0.370 e. The first kappa shape index (κ1) is 22.9. The van der Waals surface area contributed by atoms with Crippen LogP contribution in [-0.4, -0.2) is 17.6 Å². The van der Waals surface area contributed by atoms with E-state index in [-0.39, 0.29) is 11.5 Å². The molecule has 10 atom stereocenters. The SMILES string of the molecule is C=C(C)CCC[C@@H](C)[C@H]1CC[C@H]2[C@@H]3C[C@H]4OC45C[C@@H](CC(N)=O)CC[C@]5(C)[C@H]3CC[C@]12C. The minimum atomic E-state index is -0.135. The molecule has 3 heteroatoms. The van der Waals surface area contributed by atoms with Crippen LogP contribution >= 0.6 is 0 Å². The highest BCUT2D eigenvalue weighted by Gasteiger charge is 2.76. The summed E-state index contributed by atoms with van der Waals surface area (Å²) in [7, 11) is 0. The lowest BCUT2D eigenvalue weighted by Gasteiger charge is -2.60. The van der Waals surface area contributed by atoms with Gasteiger partial charge in [-0.2, -0.15) is 0 Å². The van der Waals surface area contributed by atoms with Gasteiger partial charge in [0.25, 0.3) is 0 Å². The second-order valence-corrected chi connectivity index (χ2v) is 13.4. The van der Waals surface area contributed by atoms with Gasteiger partial charge < -0.3 is 10.5 Å². The Morgan fingerprint density at radius 2 is 1.94 bits per heavy atom. The average Bonchev–Trinajstić information content (AvgIpc) is 3.28. The molecule has 5 rings (SSSR count). The molecule has 4 aliphatic carbocycles. The van der Waals surface area contributed by atoms with Crippen molar-refractivity contribution in [2.24, 2.45) is 52.1 Å². The van der Waals surface area contributed by atoms with Crippen molar-refractivity contribution < 1.29 is 9.53 Å². The molecule has 0 bridgehead atoms. The van der Waals surface area contributed by atoms with E-state index in [9.17, 15) is 4.79 Å². The highest BCUT2D eigenvalue weighted by atomic mass is 16.6. The minimum absolute atomic E-state index is 0.0636. The smallest absolute Gasteiger partial charge is 0.217 e. The standard InChI is InChI=1S/C29H47NO2/c1-18(2)7-6-8-19(3)22-9-10-23-21-16-25-29(32-25)17-20(15-26(30)31)11-14-28(29,5)24(21)12-13-27(22,23)4/h19-25H,1,6-17H2,2-5H3,(H2,30,31)/t19-,20-,21+,22-,23+,24+,25-,27-,28-,29?/m1/s1. The van der Waals surface area contributed by atoms with E-state index in [1.807, 2.05) is 0 Å². The summed E-state index contributed by atoms with van der Waals surface area (Å²) < 4.78 is 6.65. The molecule has 0 aromatic rings. The van der Waals surface area contributed by atoms with E-state index in [4.69, 9.17) is 10.5 Å². The van der Waals surface area contributed by atoms with Crippen LogP contribution in [-0.2, 0) is 9.53 Å². The Kier molecular flexibility index (Phi) is 5.63. The van der Waals surface area contributed by atoms with Gasteiger partial charge in [-0.05, 0) is 112 Å². The van der Waals surface area contributed by atoms with Crippen LogP contribution in [0.3, 0.4) is 0 Å². The second-order valence-electron chi connectivity index (χ2n) is 13.4. The monoisotopic (exact) mass is 441 g/mol. The van der Waals surface area contributed by atoms with Crippen LogP contribution in [0.5, 0.6) is 0 Å². The van der Waals surface area contributed by atoms with Crippen molar-refractivity contribution in [2.75, 3.05) is 0 Å². The molecule has 5 fully saturated rings. The minimum Gasteiger partial charge on any atom is -0.370 e. The Morgan fingerprint density at radius 3 is 2.66 bits per heavy atom. The van der Waals surface area contributed by atoms with E-state index in [1.165, 1.54) is 63.4 Å². The molecule has 2 N–H and O–H groups in total. The van der Waals surface area contributed by atoms with E-state index in [0.29, 0.717) is 29.3 Å². The number of ether oxygens (including phenoxy) is 1. The van der Waals surface area contributed by atoms with Crippen LogP contribution in [0, 0.1) is 46.3 Å². The summed E-state index contributed by atoms with van der Waals surface area (Å²) in [4.78, 5) is 11.6. The quantitative estimate of drug-likeness (QED) is 0.355. The van der Waals surface area contributed by atoms with Gasteiger partial charge in [-0.25, -0.2) is 0 Å². The zero-order valence-electron chi connectivity index (χ0n) is 21.1. The van der Waals surface area contributed by atoms with Gasteiger partial charge in [0.05, 0.1) is 6.10 Å². The van der Waals surface area contributed by atoms with E-state index >= 15 is 0 Å². The van der Waals surface area contributed by atoms with Crippen LogP contribution in [0.15, 0.2) is 12.2 Å². The van der Waals surface area contributed by atoms with E-state index in [1.54, 1.807) is 0 Å². The zero-order chi connectivity index (χ0) is 22.9. The van der Waals surface area contributed by atoms with Gasteiger partial charge in [0.1, 0.15) is 5.60 Å². The van der Waals surface area contributed by atoms with Crippen LogP contribution < -0.4 is 5.73 Å². The van der Waals surface area contributed by atoms with Crippen molar-refractivity contribution in [2.45, 2.75) is 116 Å². The molecule has 1 heterocycles. The van der Waals surface area contributed by atoms with Gasteiger partial charge in [0.2, 0.25) is 5.91 Å². The maximum Gasteiger partial charge on any atom is 0.217 e. The summed E-state index contributed by atoms with van der Waals surface area (Å²) in [5, 5.41) is 0. The zero-order valence-corrected chi connectivity index (χ0v) is 21.1. The van der Waals surface area contributed by atoms with Crippen molar-refractivity contribution in [3.63, 3.8) is 0 Å². The number of nitrogens with two attached hydrogens (primary N) is 1. The predicted molar refractivity (Wildman–Crippen MR) is 130 cm³/mol. The maximum atomic E-state index is 11.6. The first-order valence-corrected chi connectivity index (χ1v) is 13.7. The predicted octanol–water partition coefficient (Wildman–Crippen LogP) is 6.65. The number of primary amides is 1.